The Morgan fingerprint density at radius 1 is 0.656 bits per heavy atom. The fourth-order valence-electron chi connectivity index (χ4n) is 7.64. The molecule has 4 fully saturated rings. The number of carbonyl (C=O) groups excluding carboxylic acids is 2. The smallest absolute Gasteiger partial charge is 0.306 e. The van der Waals surface area contributed by atoms with Crippen LogP contribution in [0.1, 0.15) is 90.9 Å². The molecule has 32 heavy (non-hydrogen) atoms. The molecule has 0 amide bonds. The molecule has 0 aromatic rings. The summed E-state index contributed by atoms with van der Waals surface area (Å²) in [5, 5.41) is 0. The number of quaternary nitrogens is 2. The summed E-state index contributed by atoms with van der Waals surface area (Å²) in [6, 6.07) is 2.59. The molecule has 4 rings (SSSR count). The number of nitrogens with zero attached hydrogens (tertiary/aromatic N) is 2. The molecule has 6 nitrogen and oxygen atoms in total. The minimum absolute atomic E-state index is 0.0872. The first-order chi connectivity index (χ1) is 15.3. The molecule has 4 saturated heterocycles. The monoisotopic (exact) mass is 450 g/mol. The molecule has 4 unspecified atom stereocenters. The van der Waals surface area contributed by atoms with Crippen molar-refractivity contribution >= 4 is 11.9 Å². The third-order valence-corrected chi connectivity index (χ3v) is 10.1. The number of rotatable bonds is 9. The zero-order chi connectivity index (χ0) is 22.9. The fraction of sp³-hybridized carbons (Fsp3) is 0.923. The van der Waals surface area contributed by atoms with Crippen molar-refractivity contribution in [3.8, 4) is 0 Å². The van der Waals surface area contributed by atoms with Crippen LogP contribution in [0.2, 0.25) is 0 Å². The lowest BCUT2D eigenvalue weighted by Gasteiger charge is -2.46. The summed E-state index contributed by atoms with van der Waals surface area (Å²) in [4.78, 5) is 24.7. The molecule has 0 spiro atoms. The highest BCUT2D eigenvalue weighted by Gasteiger charge is 2.52. The molecule has 0 radical (unpaired) electrons. The van der Waals surface area contributed by atoms with Crippen molar-refractivity contribution in [1.29, 1.82) is 0 Å². The van der Waals surface area contributed by atoms with Crippen molar-refractivity contribution in [2.75, 3.05) is 27.2 Å². The summed E-state index contributed by atoms with van der Waals surface area (Å²) in [6.45, 7) is 6.90. The van der Waals surface area contributed by atoms with Crippen LogP contribution < -0.4 is 0 Å². The van der Waals surface area contributed by atoms with Crippen LogP contribution >= 0.6 is 0 Å². The standard InChI is InChI=1S/C26H46N2O4/c1-5-27(3)19-11-12-20(27)16-23(15-19)31-25(29)9-7-8-10-26(30)32-24-17-21-13-14-22(18-24)28(21,4)6-2/h19-24H,5-18H2,1-4H3/q+2. The Balaban J connectivity index is 1.11. The predicted molar refractivity (Wildman–Crippen MR) is 124 cm³/mol. The van der Waals surface area contributed by atoms with Gasteiger partial charge in [-0.15, -0.1) is 0 Å². The van der Waals surface area contributed by atoms with Gasteiger partial charge in [0, 0.05) is 64.2 Å². The molecule has 0 N–H and O–H groups in total. The number of piperidine rings is 2. The highest BCUT2D eigenvalue weighted by molar-refractivity contribution is 5.70. The first-order valence-corrected chi connectivity index (χ1v) is 13.4. The first kappa shape index (κ1) is 24.0. The molecule has 4 atom stereocenters. The van der Waals surface area contributed by atoms with Gasteiger partial charge >= 0.3 is 11.9 Å². The van der Waals surface area contributed by atoms with Crippen LogP contribution in [0.15, 0.2) is 0 Å². The van der Waals surface area contributed by atoms with Crippen molar-refractivity contribution in [3.63, 3.8) is 0 Å². The zero-order valence-corrected chi connectivity index (χ0v) is 20.9. The molecule has 4 bridgehead atoms. The van der Waals surface area contributed by atoms with Crippen molar-refractivity contribution in [1.82, 2.24) is 0 Å². The third kappa shape index (κ3) is 4.59. The van der Waals surface area contributed by atoms with Crippen LogP contribution in [-0.4, -0.2) is 84.5 Å². The van der Waals surface area contributed by atoms with E-state index in [1.807, 2.05) is 0 Å². The van der Waals surface area contributed by atoms with Gasteiger partial charge in [-0.25, -0.2) is 0 Å². The van der Waals surface area contributed by atoms with Crippen LogP contribution in [0.3, 0.4) is 0 Å². The lowest BCUT2D eigenvalue weighted by molar-refractivity contribution is -0.947. The predicted octanol–water partition coefficient (Wildman–Crippen LogP) is 3.95. The van der Waals surface area contributed by atoms with Gasteiger partial charge in [0.05, 0.1) is 51.4 Å². The second-order valence-electron chi connectivity index (χ2n) is 11.5. The average Bonchev–Trinajstić information content (AvgIpc) is 3.03. The molecular formula is C26H46N2O4+2. The molecule has 0 aliphatic carbocycles. The van der Waals surface area contributed by atoms with Crippen LogP contribution in [0.5, 0.6) is 0 Å². The molecule has 4 aliphatic heterocycles. The summed E-state index contributed by atoms with van der Waals surface area (Å²) in [6.07, 6.45) is 11.6. The molecule has 182 valence electrons. The molecule has 0 aromatic heterocycles. The molecule has 6 heteroatoms. The van der Waals surface area contributed by atoms with Gasteiger partial charge in [-0.1, -0.05) is 0 Å². The number of carbonyl (C=O) groups is 2. The van der Waals surface area contributed by atoms with Crippen LogP contribution in [0, 0.1) is 0 Å². The molecule has 4 heterocycles. The number of ether oxygens (including phenoxy) is 2. The Kier molecular flexibility index (Phi) is 7.21. The topological polar surface area (TPSA) is 52.6 Å². The third-order valence-electron chi connectivity index (χ3n) is 10.1. The van der Waals surface area contributed by atoms with Crippen molar-refractivity contribution in [3.05, 3.63) is 0 Å². The van der Waals surface area contributed by atoms with Gasteiger partial charge in [0.1, 0.15) is 12.2 Å². The van der Waals surface area contributed by atoms with Gasteiger partial charge in [-0.05, 0) is 26.7 Å². The van der Waals surface area contributed by atoms with E-state index in [-0.39, 0.29) is 24.1 Å². The van der Waals surface area contributed by atoms with E-state index in [2.05, 4.69) is 27.9 Å². The largest absolute Gasteiger partial charge is 0.462 e. The minimum atomic E-state index is -0.0872. The number of hydrogen-bond donors (Lipinski definition) is 0. The Bertz CT molecular complexity index is 609. The lowest BCUT2D eigenvalue weighted by Crippen LogP contribution is -2.58. The van der Waals surface area contributed by atoms with E-state index in [0.29, 0.717) is 49.9 Å². The zero-order valence-electron chi connectivity index (χ0n) is 20.9. The van der Waals surface area contributed by atoms with Gasteiger partial charge < -0.3 is 18.4 Å². The summed E-state index contributed by atoms with van der Waals surface area (Å²) in [5.74, 6) is -0.174. The molecular weight excluding hydrogens is 404 g/mol. The molecule has 4 aliphatic rings. The summed E-state index contributed by atoms with van der Waals surface area (Å²) >= 11 is 0. The van der Waals surface area contributed by atoms with Crippen LogP contribution in [0.25, 0.3) is 0 Å². The summed E-state index contributed by atoms with van der Waals surface area (Å²) in [5.41, 5.74) is 0. The lowest BCUT2D eigenvalue weighted by atomic mass is 9.96. The Labute approximate surface area is 194 Å². The minimum Gasteiger partial charge on any atom is -0.462 e. The van der Waals surface area contributed by atoms with E-state index in [1.54, 1.807) is 0 Å². The second kappa shape index (κ2) is 9.61. The highest BCUT2D eigenvalue weighted by Crippen LogP contribution is 2.43. The van der Waals surface area contributed by atoms with Gasteiger partial charge in [-0.3, -0.25) is 9.59 Å². The Morgan fingerprint density at radius 3 is 1.25 bits per heavy atom. The van der Waals surface area contributed by atoms with Crippen LogP contribution in [0.4, 0.5) is 0 Å². The molecule has 0 aromatic carbocycles. The maximum absolute atomic E-state index is 12.4. The van der Waals surface area contributed by atoms with Crippen molar-refractivity contribution in [2.45, 2.75) is 127 Å². The average molecular weight is 451 g/mol. The van der Waals surface area contributed by atoms with Gasteiger partial charge in [0.25, 0.3) is 0 Å². The number of fused-ring (bicyclic) bond motifs is 4. The normalized spacial score (nSPS) is 42.6. The van der Waals surface area contributed by atoms with Crippen LogP contribution in [-0.2, 0) is 19.1 Å². The molecule has 0 saturated carbocycles. The Morgan fingerprint density at radius 2 is 0.969 bits per heavy atom. The first-order valence-electron chi connectivity index (χ1n) is 13.4. The number of hydrogen-bond acceptors (Lipinski definition) is 4. The fourth-order valence-corrected chi connectivity index (χ4v) is 7.64. The van der Waals surface area contributed by atoms with E-state index in [9.17, 15) is 9.59 Å². The van der Waals surface area contributed by atoms with E-state index in [0.717, 1.165) is 34.6 Å². The van der Waals surface area contributed by atoms with E-state index in [4.69, 9.17) is 9.47 Å². The van der Waals surface area contributed by atoms with Crippen molar-refractivity contribution in [2.24, 2.45) is 0 Å². The van der Waals surface area contributed by atoms with Gasteiger partial charge in [0.2, 0.25) is 0 Å². The highest BCUT2D eigenvalue weighted by atomic mass is 16.5. The quantitative estimate of drug-likeness (QED) is 0.303. The number of unbranched alkanes of at least 4 members (excludes halogenated alkanes) is 1. The summed E-state index contributed by atoms with van der Waals surface area (Å²) < 4.78 is 14.0. The van der Waals surface area contributed by atoms with E-state index in [1.165, 1.54) is 38.8 Å². The van der Waals surface area contributed by atoms with Gasteiger partial charge in [0.15, 0.2) is 0 Å². The van der Waals surface area contributed by atoms with Crippen molar-refractivity contribution < 1.29 is 28.0 Å². The maximum Gasteiger partial charge on any atom is 0.306 e. The second-order valence-corrected chi connectivity index (χ2v) is 11.5. The maximum atomic E-state index is 12.4. The number of esters is 2. The SMILES string of the molecule is CC[N+]1(C)C2CCC1CC(OC(=O)CCCCC(=O)OC1CC3CCC(C1)[N+]3(C)CC)C2. The van der Waals surface area contributed by atoms with E-state index < -0.39 is 0 Å². The summed E-state index contributed by atoms with van der Waals surface area (Å²) in [7, 11) is 4.75. The Hall–Kier alpha value is -1.14. The van der Waals surface area contributed by atoms with Gasteiger partial charge in [-0.2, -0.15) is 0 Å². The van der Waals surface area contributed by atoms with E-state index >= 15 is 0 Å².